The number of hydrogen-bond donors (Lipinski definition) is 1. The van der Waals surface area contributed by atoms with Crippen LogP contribution in [0.3, 0.4) is 0 Å². The van der Waals surface area contributed by atoms with E-state index in [2.05, 4.69) is 25.7 Å². The molecule has 140 valence electrons. The van der Waals surface area contributed by atoms with E-state index in [1.165, 1.54) is 0 Å². The average molecular weight is 349 g/mol. The summed E-state index contributed by atoms with van der Waals surface area (Å²) in [5.41, 5.74) is 1.12. The van der Waals surface area contributed by atoms with Crippen molar-refractivity contribution in [2.24, 2.45) is 17.8 Å². The van der Waals surface area contributed by atoms with E-state index in [1.54, 1.807) is 7.11 Å². The first-order valence-corrected chi connectivity index (χ1v) is 9.14. The normalized spacial score (nSPS) is 21.3. The van der Waals surface area contributed by atoms with Gasteiger partial charge in [0.1, 0.15) is 0 Å². The lowest BCUT2D eigenvalue weighted by atomic mass is 9.90. The Morgan fingerprint density at radius 2 is 2.08 bits per heavy atom. The van der Waals surface area contributed by atoms with Gasteiger partial charge in [0.15, 0.2) is 11.5 Å². The van der Waals surface area contributed by atoms with Crippen molar-refractivity contribution in [2.45, 2.75) is 40.2 Å². The van der Waals surface area contributed by atoms with Crippen LogP contribution >= 0.6 is 0 Å². The Hall–Kier alpha value is -1.75. The van der Waals surface area contributed by atoms with Crippen LogP contribution in [-0.2, 0) is 11.3 Å². The number of carboxylic acids is 1. The number of piperidine rings is 1. The van der Waals surface area contributed by atoms with Crippen molar-refractivity contribution in [3.8, 4) is 11.5 Å². The minimum absolute atomic E-state index is 0.274. The van der Waals surface area contributed by atoms with Gasteiger partial charge in [0.25, 0.3) is 0 Å². The number of ether oxygens (including phenoxy) is 2. The molecule has 1 fully saturated rings. The standard InChI is InChI=1S/C20H31NO4/c1-14(2)7-8-25-19-10-16(5-6-18(19)24-4)12-21-11-15(3)9-17(13-21)20(22)23/h5-6,10,14-15,17H,7-9,11-13H2,1-4H3,(H,22,23). The van der Waals surface area contributed by atoms with E-state index in [0.29, 0.717) is 25.0 Å². The van der Waals surface area contributed by atoms with Gasteiger partial charge in [-0.05, 0) is 42.4 Å². The van der Waals surface area contributed by atoms with Gasteiger partial charge >= 0.3 is 5.97 Å². The van der Waals surface area contributed by atoms with Gasteiger partial charge < -0.3 is 14.6 Å². The van der Waals surface area contributed by atoms with E-state index < -0.39 is 5.97 Å². The lowest BCUT2D eigenvalue weighted by Crippen LogP contribution is -2.41. The summed E-state index contributed by atoms with van der Waals surface area (Å²) in [6, 6.07) is 5.99. The van der Waals surface area contributed by atoms with Crippen molar-refractivity contribution >= 4 is 5.97 Å². The molecule has 0 saturated carbocycles. The lowest BCUT2D eigenvalue weighted by molar-refractivity contribution is -0.144. The number of aliphatic carboxylic acids is 1. The molecule has 2 unspecified atom stereocenters. The third kappa shape index (κ3) is 5.92. The second-order valence-electron chi connectivity index (χ2n) is 7.59. The van der Waals surface area contributed by atoms with Gasteiger partial charge in [-0.15, -0.1) is 0 Å². The predicted molar refractivity (Wildman–Crippen MR) is 98.1 cm³/mol. The Bertz CT molecular complexity index is 573. The summed E-state index contributed by atoms with van der Waals surface area (Å²) in [5.74, 6) is 1.53. The predicted octanol–water partition coefficient (Wildman–Crippen LogP) is 3.66. The minimum Gasteiger partial charge on any atom is -0.493 e. The smallest absolute Gasteiger partial charge is 0.307 e. The molecule has 25 heavy (non-hydrogen) atoms. The highest BCUT2D eigenvalue weighted by atomic mass is 16.5. The maximum atomic E-state index is 11.3. The molecule has 2 rings (SSSR count). The summed E-state index contributed by atoms with van der Waals surface area (Å²) in [7, 11) is 1.65. The maximum Gasteiger partial charge on any atom is 0.307 e. The zero-order valence-electron chi connectivity index (χ0n) is 15.8. The molecule has 2 atom stereocenters. The van der Waals surface area contributed by atoms with E-state index >= 15 is 0 Å². The van der Waals surface area contributed by atoms with Gasteiger partial charge in [-0.25, -0.2) is 0 Å². The Balaban J connectivity index is 2.04. The number of carboxylic acid groups (broad SMARTS) is 1. The summed E-state index contributed by atoms with van der Waals surface area (Å²) >= 11 is 0. The van der Waals surface area contributed by atoms with Crippen molar-refractivity contribution in [1.29, 1.82) is 0 Å². The van der Waals surface area contributed by atoms with Crippen molar-refractivity contribution in [2.75, 3.05) is 26.8 Å². The molecule has 0 amide bonds. The molecule has 0 radical (unpaired) electrons. The van der Waals surface area contributed by atoms with Crippen LogP contribution in [0, 0.1) is 17.8 Å². The number of hydrogen-bond acceptors (Lipinski definition) is 4. The van der Waals surface area contributed by atoms with Crippen LogP contribution < -0.4 is 9.47 Å². The van der Waals surface area contributed by atoms with Crippen LogP contribution in [0.15, 0.2) is 18.2 Å². The first kappa shape index (κ1) is 19.6. The fraction of sp³-hybridized carbons (Fsp3) is 0.650. The number of carbonyl (C=O) groups is 1. The molecule has 1 heterocycles. The molecule has 0 bridgehead atoms. The second-order valence-corrected chi connectivity index (χ2v) is 7.59. The van der Waals surface area contributed by atoms with Crippen molar-refractivity contribution < 1.29 is 19.4 Å². The lowest BCUT2D eigenvalue weighted by Gasteiger charge is -2.34. The number of rotatable bonds is 8. The van der Waals surface area contributed by atoms with E-state index in [1.807, 2.05) is 18.2 Å². The molecule has 1 N–H and O–H groups in total. The first-order chi connectivity index (χ1) is 11.9. The van der Waals surface area contributed by atoms with Crippen molar-refractivity contribution in [3.63, 3.8) is 0 Å². The topological polar surface area (TPSA) is 59.0 Å². The quantitative estimate of drug-likeness (QED) is 0.776. The molecule has 1 aromatic carbocycles. The highest BCUT2D eigenvalue weighted by molar-refractivity contribution is 5.70. The summed E-state index contributed by atoms with van der Waals surface area (Å²) in [6.45, 7) is 9.41. The van der Waals surface area contributed by atoms with E-state index in [-0.39, 0.29) is 5.92 Å². The molecule has 0 spiro atoms. The molecule has 1 aliphatic heterocycles. The average Bonchev–Trinajstić information content (AvgIpc) is 2.54. The van der Waals surface area contributed by atoms with Crippen LogP contribution in [0.25, 0.3) is 0 Å². The molecule has 0 aliphatic carbocycles. The third-order valence-corrected chi connectivity index (χ3v) is 4.67. The largest absolute Gasteiger partial charge is 0.493 e. The van der Waals surface area contributed by atoms with E-state index in [0.717, 1.165) is 43.0 Å². The van der Waals surface area contributed by atoms with Gasteiger partial charge in [-0.1, -0.05) is 26.8 Å². The van der Waals surface area contributed by atoms with Crippen LogP contribution in [0.2, 0.25) is 0 Å². The first-order valence-electron chi connectivity index (χ1n) is 9.14. The van der Waals surface area contributed by atoms with Crippen molar-refractivity contribution in [3.05, 3.63) is 23.8 Å². The SMILES string of the molecule is COc1ccc(CN2CC(C)CC(C(=O)O)C2)cc1OCCC(C)C. The third-order valence-electron chi connectivity index (χ3n) is 4.67. The Labute approximate surface area is 150 Å². The zero-order chi connectivity index (χ0) is 18.4. The molecule has 1 saturated heterocycles. The highest BCUT2D eigenvalue weighted by Gasteiger charge is 2.29. The molecule has 5 nitrogen and oxygen atoms in total. The van der Waals surface area contributed by atoms with Crippen LogP contribution in [0.5, 0.6) is 11.5 Å². The second kappa shape index (κ2) is 9.09. The fourth-order valence-electron chi connectivity index (χ4n) is 3.36. The van der Waals surface area contributed by atoms with E-state index in [4.69, 9.17) is 9.47 Å². The Morgan fingerprint density at radius 3 is 2.72 bits per heavy atom. The highest BCUT2D eigenvalue weighted by Crippen LogP contribution is 2.30. The van der Waals surface area contributed by atoms with Gasteiger partial charge in [0, 0.05) is 19.6 Å². The molecular weight excluding hydrogens is 318 g/mol. The molecule has 0 aromatic heterocycles. The number of methoxy groups -OCH3 is 1. The number of benzene rings is 1. The Kier molecular flexibility index (Phi) is 7.12. The van der Waals surface area contributed by atoms with Crippen LogP contribution in [0.1, 0.15) is 39.2 Å². The van der Waals surface area contributed by atoms with Gasteiger partial charge in [-0.2, -0.15) is 0 Å². The fourth-order valence-corrected chi connectivity index (χ4v) is 3.36. The molecule has 5 heteroatoms. The summed E-state index contributed by atoms with van der Waals surface area (Å²) in [4.78, 5) is 13.6. The van der Waals surface area contributed by atoms with Gasteiger partial charge in [0.2, 0.25) is 0 Å². The molecular formula is C20H31NO4. The maximum absolute atomic E-state index is 11.3. The summed E-state index contributed by atoms with van der Waals surface area (Å²) < 4.78 is 11.3. The van der Waals surface area contributed by atoms with E-state index in [9.17, 15) is 9.90 Å². The van der Waals surface area contributed by atoms with Gasteiger partial charge in [0.05, 0.1) is 19.6 Å². The van der Waals surface area contributed by atoms with Gasteiger partial charge in [-0.3, -0.25) is 9.69 Å². The van der Waals surface area contributed by atoms with Crippen LogP contribution in [0.4, 0.5) is 0 Å². The summed E-state index contributed by atoms with van der Waals surface area (Å²) in [6.07, 6.45) is 1.76. The van der Waals surface area contributed by atoms with Crippen LogP contribution in [-0.4, -0.2) is 42.8 Å². The van der Waals surface area contributed by atoms with Crippen molar-refractivity contribution in [1.82, 2.24) is 4.90 Å². The monoisotopic (exact) mass is 349 g/mol. The summed E-state index contributed by atoms with van der Waals surface area (Å²) in [5, 5.41) is 9.33. The Morgan fingerprint density at radius 1 is 1.32 bits per heavy atom. The molecule has 1 aliphatic rings. The minimum atomic E-state index is -0.691. The number of nitrogens with zero attached hydrogens (tertiary/aromatic N) is 1. The zero-order valence-corrected chi connectivity index (χ0v) is 15.8. The number of likely N-dealkylation sites (tertiary alicyclic amines) is 1. The molecule has 1 aromatic rings.